The summed E-state index contributed by atoms with van der Waals surface area (Å²) in [4.78, 5) is 25.1. The molecule has 0 aromatic carbocycles. The largest absolute Gasteiger partial charge is 0.481 e. The van der Waals surface area contributed by atoms with Gasteiger partial charge in [-0.15, -0.1) is 0 Å². The quantitative estimate of drug-likeness (QED) is 0.756. The van der Waals surface area contributed by atoms with Crippen molar-refractivity contribution in [1.82, 2.24) is 10.2 Å². The maximum absolute atomic E-state index is 11.7. The third-order valence-corrected chi connectivity index (χ3v) is 4.09. The smallest absolute Gasteiger partial charge is 0.310 e. The number of aliphatic carboxylic acids is 1. The minimum Gasteiger partial charge on any atom is -0.481 e. The Kier molecular flexibility index (Phi) is 4.76. The maximum atomic E-state index is 11.7. The summed E-state index contributed by atoms with van der Waals surface area (Å²) in [7, 11) is 0. The maximum Gasteiger partial charge on any atom is 0.310 e. The fraction of sp³-hybridized carbons (Fsp3) is 0.846. The van der Waals surface area contributed by atoms with Crippen LogP contribution >= 0.6 is 0 Å². The molecule has 3 atom stereocenters. The van der Waals surface area contributed by atoms with Crippen molar-refractivity contribution in [2.24, 2.45) is 5.92 Å². The van der Waals surface area contributed by atoms with Gasteiger partial charge in [-0.25, -0.2) is 0 Å². The van der Waals surface area contributed by atoms with Crippen molar-refractivity contribution in [3.05, 3.63) is 0 Å². The lowest BCUT2D eigenvalue weighted by Crippen LogP contribution is -2.49. The number of carbonyl (C=O) groups excluding carboxylic acids is 1. The Morgan fingerprint density at radius 3 is 3.00 bits per heavy atom. The molecule has 0 aliphatic carbocycles. The van der Waals surface area contributed by atoms with Crippen LogP contribution in [-0.2, 0) is 14.3 Å². The summed E-state index contributed by atoms with van der Waals surface area (Å²) in [5.74, 6) is -1.22. The number of likely N-dealkylation sites (N-methyl/N-ethyl adjacent to an activating group) is 1. The van der Waals surface area contributed by atoms with Crippen LogP contribution < -0.4 is 5.32 Å². The van der Waals surface area contributed by atoms with Crippen molar-refractivity contribution in [3.63, 3.8) is 0 Å². The van der Waals surface area contributed by atoms with Crippen LogP contribution in [0.5, 0.6) is 0 Å². The molecule has 6 nitrogen and oxygen atoms in total. The number of rotatable bonds is 4. The Morgan fingerprint density at radius 2 is 2.32 bits per heavy atom. The molecule has 0 aromatic heterocycles. The highest BCUT2D eigenvalue weighted by atomic mass is 16.5. The van der Waals surface area contributed by atoms with Crippen LogP contribution in [0.4, 0.5) is 0 Å². The van der Waals surface area contributed by atoms with Crippen LogP contribution in [0.25, 0.3) is 0 Å². The van der Waals surface area contributed by atoms with Gasteiger partial charge in [-0.3, -0.25) is 14.5 Å². The van der Waals surface area contributed by atoms with Gasteiger partial charge in [0.05, 0.1) is 19.1 Å². The zero-order chi connectivity index (χ0) is 13.8. The first-order chi connectivity index (χ1) is 9.13. The Labute approximate surface area is 113 Å². The molecule has 108 valence electrons. The molecule has 0 spiro atoms. The Morgan fingerprint density at radius 1 is 1.53 bits per heavy atom. The molecule has 2 rings (SSSR count). The third kappa shape index (κ3) is 3.25. The van der Waals surface area contributed by atoms with Crippen LogP contribution in [0.2, 0.25) is 0 Å². The summed E-state index contributed by atoms with van der Waals surface area (Å²) >= 11 is 0. The van der Waals surface area contributed by atoms with Gasteiger partial charge in [0.2, 0.25) is 5.91 Å². The summed E-state index contributed by atoms with van der Waals surface area (Å²) in [6.45, 7) is 4.20. The van der Waals surface area contributed by atoms with Crippen molar-refractivity contribution in [2.45, 2.75) is 38.3 Å². The van der Waals surface area contributed by atoms with E-state index in [9.17, 15) is 14.7 Å². The number of carboxylic acids is 1. The second kappa shape index (κ2) is 6.34. The van der Waals surface area contributed by atoms with Gasteiger partial charge in [-0.05, 0) is 19.4 Å². The summed E-state index contributed by atoms with van der Waals surface area (Å²) in [5.41, 5.74) is 0. The molecule has 0 aromatic rings. The molecule has 1 amide bonds. The van der Waals surface area contributed by atoms with Crippen molar-refractivity contribution in [2.75, 3.05) is 26.3 Å². The Hall–Kier alpha value is -1.14. The molecule has 3 unspecified atom stereocenters. The van der Waals surface area contributed by atoms with Crippen molar-refractivity contribution >= 4 is 11.9 Å². The molecule has 6 heteroatoms. The van der Waals surface area contributed by atoms with Gasteiger partial charge in [-0.2, -0.15) is 0 Å². The van der Waals surface area contributed by atoms with Crippen molar-refractivity contribution < 1.29 is 19.4 Å². The molecule has 0 radical (unpaired) electrons. The van der Waals surface area contributed by atoms with Gasteiger partial charge in [0.1, 0.15) is 0 Å². The predicted molar refractivity (Wildman–Crippen MR) is 68.8 cm³/mol. The van der Waals surface area contributed by atoms with Crippen LogP contribution in [0.1, 0.15) is 26.2 Å². The second-order valence-corrected chi connectivity index (χ2v) is 5.23. The fourth-order valence-electron chi connectivity index (χ4n) is 3.11. The second-order valence-electron chi connectivity index (χ2n) is 5.23. The van der Waals surface area contributed by atoms with Gasteiger partial charge in [0.25, 0.3) is 0 Å². The predicted octanol–water partition coefficient (Wildman–Crippen LogP) is 0.0766. The van der Waals surface area contributed by atoms with Gasteiger partial charge < -0.3 is 15.2 Å². The van der Waals surface area contributed by atoms with E-state index in [1.807, 2.05) is 6.92 Å². The lowest BCUT2D eigenvalue weighted by atomic mass is 9.97. The standard InChI is InChI=1S/C13H22N2O4/c1-2-15(9-4-3-5-14-12(16)6-9)11-8-19-7-10(11)13(17)18/h9-11H,2-8H2,1H3,(H,14,16)(H,17,18). The number of nitrogens with one attached hydrogen (secondary N) is 1. The molecule has 0 bridgehead atoms. The highest BCUT2D eigenvalue weighted by Crippen LogP contribution is 2.25. The topological polar surface area (TPSA) is 78.9 Å². The van der Waals surface area contributed by atoms with Gasteiger partial charge in [0.15, 0.2) is 0 Å². The average Bonchev–Trinajstić information content (AvgIpc) is 2.75. The van der Waals surface area contributed by atoms with E-state index >= 15 is 0 Å². The van der Waals surface area contributed by atoms with E-state index in [2.05, 4.69) is 10.2 Å². The lowest BCUT2D eigenvalue weighted by Gasteiger charge is -2.35. The molecule has 0 saturated carbocycles. The molecule has 2 aliphatic rings. The summed E-state index contributed by atoms with van der Waals surface area (Å²) in [6, 6.07) is 0.0134. The van der Waals surface area contributed by atoms with Gasteiger partial charge in [0, 0.05) is 25.0 Å². The number of carbonyl (C=O) groups is 2. The minimum atomic E-state index is -0.806. The first-order valence-electron chi connectivity index (χ1n) is 6.96. The molecule has 2 N–H and O–H groups in total. The number of hydrogen-bond donors (Lipinski definition) is 2. The van der Waals surface area contributed by atoms with Crippen LogP contribution in [-0.4, -0.2) is 60.3 Å². The van der Waals surface area contributed by atoms with Crippen molar-refractivity contribution in [1.29, 1.82) is 0 Å². The van der Waals surface area contributed by atoms with E-state index in [0.717, 1.165) is 25.9 Å². The molecule has 2 saturated heterocycles. The Balaban J connectivity index is 2.09. The molecule has 2 fully saturated rings. The monoisotopic (exact) mass is 270 g/mol. The normalized spacial score (nSPS) is 32.1. The zero-order valence-electron chi connectivity index (χ0n) is 11.3. The van der Waals surface area contributed by atoms with Crippen LogP contribution in [0.3, 0.4) is 0 Å². The van der Waals surface area contributed by atoms with E-state index in [0.29, 0.717) is 13.0 Å². The van der Waals surface area contributed by atoms with E-state index in [1.165, 1.54) is 0 Å². The molecule has 2 heterocycles. The molecular formula is C13H22N2O4. The number of hydrogen-bond acceptors (Lipinski definition) is 4. The zero-order valence-corrected chi connectivity index (χ0v) is 11.3. The number of nitrogens with zero attached hydrogens (tertiary/aromatic N) is 1. The van der Waals surface area contributed by atoms with E-state index in [1.54, 1.807) is 0 Å². The highest BCUT2D eigenvalue weighted by Gasteiger charge is 2.40. The highest BCUT2D eigenvalue weighted by molar-refractivity contribution is 5.76. The molecule has 19 heavy (non-hydrogen) atoms. The van der Waals surface area contributed by atoms with E-state index in [4.69, 9.17) is 4.74 Å². The SMILES string of the molecule is CCN(C1CCCNC(=O)C1)C1COCC1C(=O)O. The fourth-order valence-corrected chi connectivity index (χ4v) is 3.11. The lowest BCUT2D eigenvalue weighted by molar-refractivity contribution is -0.143. The molecule has 2 aliphatic heterocycles. The number of amides is 1. The first-order valence-corrected chi connectivity index (χ1v) is 6.96. The summed E-state index contributed by atoms with van der Waals surface area (Å²) in [5, 5.41) is 12.1. The number of ether oxygens (including phenoxy) is 1. The van der Waals surface area contributed by atoms with Gasteiger partial charge in [-0.1, -0.05) is 6.92 Å². The average molecular weight is 270 g/mol. The van der Waals surface area contributed by atoms with Gasteiger partial charge >= 0.3 is 5.97 Å². The summed E-state index contributed by atoms with van der Waals surface area (Å²) in [6.07, 6.45) is 2.32. The van der Waals surface area contributed by atoms with E-state index < -0.39 is 11.9 Å². The third-order valence-electron chi connectivity index (χ3n) is 4.09. The summed E-state index contributed by atoms with van der Waals surface area (Å²) < 4.78 is 5.34. The minimum absolute atomic E-state index is 0.0618. The first kappa shape index (κ1) is 14.3. The Bertz CT molecular complexity index is 348. The van der Waals surface area contributed by atoms with Crippen LogP contribution in [0, 0.1) is 5.92 Å². The van der Waals surface area contributed by atoms with Crippen LogP contribution in [0.15, 0.2) is 0 Å². The van der Waals surface area contributed by atoms with E-state index in [-0.39, 0.29) is 24.6 Å². The number of carboxylic acid groups (broad SMARTS) is 1. The molecular weight excluding hydrogens is 248 g/mol. The van der Waals surface area contributed by atoms with Crippen molar-refractivity contribution in [3.8, 4) is 0 Å².